The van der Waals surface area contributed by atoms with Crippen LogP contribution in [0, 0.1) is 6.92 Å². The van der Waals surface area contributed by atoms with Gasteiger partial charge in [-0.05, 0) is 36.6 Å². The number of rotatable bonds is 7. The molecule has 2 N–H and O–H groups in total. The monoisotopic (exact) mass is 400 g/mol. The molecule has 0 aromatic heterocycles. The third-order valence-electron chi connectivity index (χ3n) is 4.50. The first-order chi connectivity index (χ1) is 13.5. The van der Waals surface area contributed by atoms with E-state index in [1.54, 1.807) is 12.1 Å². The fourth-order valence-corrected chi connectivity index (χ4v) is 3.94. The van der Waals surface area contributed by atoms with E-state index in [0.717, 1.165) is 17.5 Å². The van der Waals surface area contributed by atoms with Crippen molar-refractivity contribution in [2.24, 2.45) is 0 Å². The minimum absolute atomic E-state index is 0.202. The Kier molecular flexibility index (Phi) is 6.95. The van der Waals surface area contributed by atoms with Crippen molar-refractivity contribution in [3.8, 4) is 0 Å². The lowest BCUT2D eigenvalue weighted by atomic mass is 9.97. The molecule has 7 heteroatoms. The molecule has 6 nitrogen and oxygen atoms in total. The lowest BCUT2D eigenvalue weighted by Crippen LogP contribution is -2.35. The predicted molar refractivity (Wildman–Crippen MR) is 110 cm³/mol. The van der Waals surface area contributed by atoms with E-state index >= 15 is 0 Å². The summed E-state index contributed by atoms with van der Waals surface area (Å²) in [6.45, 7) is 2.89. The van der Waals surface area contributed by atoms with Crippen LogP contribution in [0.2, 0.25) is 0 Å². The van der Waals surface area contributed by atoms with Crippen molar-refractivity contribution in [1.82, 2.24) is 5.32 Å². The van der Waals surface area contributed by atoms with E-state index in [1.807, 2.05) is 37.3 Å². The highest BCUT2D eigenvalue weighted by molar-refractivity contribution is 7.86. The molecule has 148 valence electrons. The Hall–Kier alpha value is -2.51. The van der Waals surface area contributed by atoms with Crippen molar-refractivity contribution in [3.05, 3.63) is 65.2 Å². The van der Waals surface area contributed by atoms with Gasteiger partial charge in [0.1, 0.15) is 17.6 Å². The molecule has 0 radical (unpaired) electrons. The van der Waals surface area contributed by atoms with Gasteiger partial charge in [-0.15, -0.1) is 0 Å². The lowest BCUT2D eigenvalue weighted by molar-refractivity contribution is -0.119. The Morgan fingerprint density at radius 3 is 2.57 bits per heavy atom. The maximum absolute atomic E-state index is 12.1. The largest absolute Gasteiger partial charge is 0.371 e. The minimum Gasteiger partial charge on any atom is -0.371 e. The quantitative estimate of drug-likeness (QED) is 0.746. The number of carbonyl (C=O) groups excluding carboxylic acids is 2. The van der Waals surface area contributed by atoms with E-state index in [-0.39, 0.29) is 29.4 Å². The molecule has 1 aliphatic rings. The van der Waals surface area contributed by atoms with Crippen LogP contribution in [0.3, 0.4) is 0 Å². The number of fused-ring (bicyclic) bond motifs is 1. The van der Waals surface area contributed by atoms with Crippen LogP contribution in [0.25, 0.3) is 0 Å². The number of hydrogen-bond donors (Lipinski definition) is 2. The Morgan fingerprint density at radius 2 is 1.79 bits per heavy atom. The second-order valence-corrected chi connectivity index (χ2v) is 8.21. The number of ether oxygens (including phenoxy) is 1. The number of benzene rings is 2. The lowest BCUT2D eigenvalue weighted by Gasteiger charge is -2.26. The summed E-state index contributed by atoms with van der Waals surface area (Å²) >= 11 is 0. The number of nitrogens with one attached hydrogen (secondary N) is 2. The summed E-state index contributed by atoms with van der Waals surface area (Å²) in [5, 5.41) is 5.45. The third kappa shape index (κ3) is 5.74. The number of hydrogen-bond acceptors (Lipinski definition) is 4. The molecule has 2 aromatic carbocycles. The molecule has 0 fully saturated rings. The van der Waals surface area contributed by atoms with Crippen LogP contribution < -0.4 is 10.6 Å². The first-order valence-corrected chi connectivity index (χ1v) is 10.7. The van der Waals surface area contributed by atoms with Gasteiger partial charge < -0.3 is 15.4 Å². The van der Waals surface area contributed by atoms with E-state index < -0.39 is 10.8 Å². The number of amides is 2. The molecular formula is C21H24N2O4S. The van der Waals surface area contributed by atoms with Gasteiger partial charge in [-0.1, -0.05) is 42.0 Å². The Morgan fingerprint density at radius 1 is 1.07 bits per heavy atom. The summed E-state index contributed by atoms with van der Waals surface area (Å²) in [4.78, 5) is 24.1. The van der Waals surface area contributed by atoms with Gasteiger partial charge >= 0.3 is 0 Å². The second-order valence-electron chi connectivity index (χ2n) is 6.76. The molecule has 0 aliphatic carbocycles. The number of anilines is 1. The first kappa shape index (κ1) is 20.2. The summed E-state index contributed by atoms with van der Waals surface area (Å²) in [7, 11) is -1.57. The van der Waals surface area contributed by atoms with Crippen LogP contribution in [0.4, 0.5) is 5.69 Å². The van der Waals surface area contributed by atoms with E-state index in [4.69, 9.17) is 4.74 Å². The van der Waals surface area contributed by atoms with Gasteiger partial charge in [0.05, 0.1) is 6.61 Å². The number of carbonyl (C=O) groups is 2. The fourth-order valence-electron chi connectivity index (χ4n) is 3.08. The molecular weight excluding hydrogens is 376 g/mol. The standard InChI is InChI=1S/C21H24N2O4S/c1-15-6-8-17(9-7-15)23-21(25)14-28(26)13-20(24)22-12-19-18-5-3-2-4-16(18)10-11-27-19/h2-9,19H,10-14H2,1H3,(H,22,24)(H,23,25). The van der Waals surface area contributed by atoms with Crippen LogP contribution in [0.15, 0.2) is 48.5 Å². The zero-order valence-corrected chi connectivity index (χ0v) is 16.6. The van der Waals surface area contributed by atoms with Gasteiger partial charge in [-0.3, -0.25) is 13.8 Å². The molecule has 0 saturated heterocycles. The van der Waals surface area contributed by atoms with Gasteiger partial charge in [0.2, 0.25) is 11.8 Å². The summed E-state index contributed by atoms with van der Waals surface area (Å²) in [6.07, 6.45) is 0.660. The zero-order chi connectivity index (χ0) is 19.9. The molecule has 3 rings (SSSR count). The average Bonchev–Trinajstić information content (AvgIpc) is 2.68. The minimum atomic E-state index is -1.57. The Bertz CT molecular complexity index is 867. The van der Waals surface area contributed by atoms with E-state index in [1.165, 1.54) is 5.56 Å². The summed E-state index contributed by atoms with van der Waals surface area (Å²) in [6, 6.07) is 15.3. The van der Waals surface area contributed by atoms with Gasteiger partial charge in [-0.25, -0.2) is 0 Å². The van der Waals surface area contributed by atoms with Crippen molar-refractivity contribution in [2.45, 2.75) is 19.4 Å². The van der Waals surface area contributed by atoms with Gasteiger partial charge in [0, 0.05) is 23.0 Å². The maximum Gasteiger partial charge on any atom is 0.237 e. The molecule has 0 saturated carbocycles. The Labute approximate surface area is 167 Å². The molecule has 1 aliphatic heterocycles. The van der Waals surface area contributed by atoms with Crippen molar-refractivity contribution < 1.29 is 18.5 Å². The van der Waals surface area contributed by atoms with Crippen molar-refractivity contribution in [3.63, 3.8) is 0 Å². The molecule has 2 amide bonds. The van der Waals surface area contributed by atoms with Gasteiger partial charge in [-0.2, -0.15) is 0 Å². The van der Waals surface area contributed by atoms with Crippen LogP contribution in [0.5, 0.6) is 0 Å². The van der Waals surface area contributed by atoms with Crippen LogP contribution >= 0.6 is 0 Å². The van der Waals surface area contributed by atoms with E-state index in [0.29, 0.717) is 18.8 Å². The van der Waals surface area contributed by atoms with E-state index in [2.05, 4.69) is 16.7 Å². The van der Waals surface area contributed by atoms with Crippen molar-refractivity contribution in [1.29, 1.82) is 0 Å². The molecule has 0 spiro atoms. The first-order valence-electron chi connectivity index (χ1n) is 9.19. The van der Waals surface area contributed by atoms with Crippen LogP contribution in [-0.2, 0) is 31.5 Å². The van der Waals surface area contributed by atoms with Gasteiger partial charge in [0.15, 0.2) is 0 Å². The molecule has 28 heavy (non-hydrogen) atoms. The maximum atomic E-state index is 12.1. The summed E-state index contributed by atoms with van der Waals surface area (Å²) in [5.74, 6) is -1.16. The highest BCUT2D eigenvalue weighted by atomic mass is 32.2. The average molecular weight is 401 g/mol. The Balaban J connectivity index is 1.43. The van der Waals surface area contributed by atoms with Crippen molar-refractivity contribution in [2.75, 3.05) is 30.0 Å². The highest BCUT2D eigenvalue weighted by Gasteiger charge is 2.21. The molecule has 2 atom stereocenters. The molecule has 0 bridgehead atoms. The molecule has 2 unspecified atom stereocenters. The SMILES string of the molecule is Cc1ccc(NC(=O)CS(=O)CC(=O)NCC2OCCc3ccccc32)cc1. The van der Waals surface area contributed by atoms with Crippen LogP contribution in [-0.4, -0.2) is 40.7 Å². The van der Waals surface area contributed by atoms with Gasteiger partial charge in [0.25, 0.3) is 0 Å². The smallest absolute Gasteiger partial charge is 0.237 e. The summed E-state index contributed by atoms with van der Waals surface area (Å²) < 4.78 is 17.9. The van der Waals surface area contributed by atoms with E-state index in [9.17, 15) is 13.8 Å². The number of aryl methyl sites for hydroxylation is 1. The molecule has 2 aromatic rings. The molecule has 1 heterocycles. The highest BCUT2D eigenvalue weighted by Crippen LogP contribution is 2.26. The third-order valence-corrected chi connectivity index (χ3v) is 5.66. The normalized spacial score (nSPS) is 16.7. The van der Waals surface area contributed by atoms with Crippen LogP contribution in [0.1, 0.15) is 22.8 Å². The zero-order valence-electron chi connectivity index (χ0n) is 15.8. The topological polar surface area (TPSA) is 84.5 Å². The summed E-state index contributed by atoms with van der Waals surface area (Å²) in [5.41, 5.74) is 4.03. The fraction of sp³-hybridized carbons (Fsp3) is 0.333. The van der Waals surface area contributed by atoms with Crippen molar-refractivity contribution >= 4 is 28.3 Å². The second kappa shape index (κ2) is 9.61. The predicted octanol–water partition coefficient (Wildman–Crippen LogP) is 2.11.